The number of hydrogen-bond acceptors (Lipinski definition) is 5. The van der Waals surface area contributed by atoms with Gasteiger partial charge < -0.3 is 9.47 Å². The van der Waals surface area contributed by atoms with Gasteiger partial charge in [0.25, 0.3) is 0 Å². The molecule has 0 amide bonds. The number of aromatic amines is 1. The molecule has 0 atom stereocenters. The molecule has 1 aromatic carbocycles. The predicted octanol–water partition coefficient (Wildman–Crippen LogP) is 6.24. The standard InChI is InChI=1S/2C14H18N2O/c1-14(2,3)11-7-12(17-4)13(16-9-11)10-5-6-15-8-10;1-14(2,3)12-6-5-10(7-13(12)17-4)11-8-15-16-9-11/h5,7-9H,6H2,1-4H3;5-9H,1-4H3,(H,15,16). The van der Waals surface area contributed by atoms with Gasteiger partial charge in [0.1, 0.15) is 17.2 Å². The summed E-state index contributed by atoms with van der Waals surface area (Å²) in [6, 6.07) is 8.36. The largest absolute Gasteiger partial charge is 0.496 e. The summed E-state index contributed by atoms with van der Waals surface area (Å²) in [6.45, 7) is 13.8. The molecule has 1 N–H and O–H groups in total. The first-order valence-electron chi connectivity index (χ1n) is 11.5. The Kier molecular flexibility index (Phi) is 7.60. The normalized spacial score (nSPS) is 13.2. The minimum Gasteiger partial charge on any atom is -0.496 e. The highest BCUT2D eigenvalue weighted by Gasteiger charge is 2.20. The van der Waals surface area contributed by atoms with Gasteiger partial charge in [0.15, 0.2) is 0 Å². The van der Waals surface area contributed by atoms with Gasteiger partial charge in [-0.2, -0.15) is 5.10 Å². The Balaban J connectivity index is 0.000000191. The van der Waals surface area contributed by atoms with Crippen LogP contribution in [0.4, 0.5) is 0 Å². The lowest BCUT2D eigenvalue weighted by Crippen LogP contribution is -2.12. The zero-order chi connectivity index (χ0) is 24.9. The zero-order valence-corrected chi connectivity index (χ0v) is 21.6. The van der Waals surface area contributed by atoms with E-state index in [2.05, 4.69) is 92.1 Å². The average molecular weight is 461 g/mol. The molecule has 0 radical (unpaired) electrons. The van der Waals surface area contributed by atoms with Gasteiger partial charge in [0.2, 0.25) is 0 Å². The molecule has 0 spiro atoms. The molecular formula is C28H36N4O2. The van der Waals surface area contributed by atoms with Crippen molar-refractivity contribution in [2.24, 2.45) is 4.99 Å². The number of aromatic nitrogens is 3. The van der Waals surface area contributed by atoms with Crippen LogP contribution in [0, 0.1) is 0 Å². The van der Waals surface area contributed by atoms with E-state index in [4.69, 9.17) is 9.47 Å². The molecule has 0 aliphatic carbocycles. The van der Waals surface area contributed by atoms with Crippen molar-refractivity contribution >= 4 is 11.8 Å². The van der Waals surface area contributed by atoms with Crippen molar-refractivity contribution < 1.29 is 9.47 Å². The second-order valence-electron chi connectivity index (χ2n) is 10.3. The first-order chi connectivity index (χ1) is 16.0. The summed E-state index contributed by atoms with van der Waals surface area (Å²) in [6.07, 6.45) is 9.52. The average Bonchev–Trinajstić information content (AvgIpc) is 3.52. The Bertz CT molecular complexity index is 1160. The van der Waals surface area contributed by atoms with Crippen LogP contribution in [0.2, 0.25) is 0 Å². The highest BCUT2D eigenvalue weighted by atomic mass is 16.5. The summed E-state index contributed by atoms with van der Waals surface area (Å²) in [7, 11) is 3.39. The molecule has 0 saturated carbocycles. The van der Waals surface area contributed by atoms with Crippen LogP contribution in [-0.4, -0.2) is 42.2 Å². The fraction of sp³-hybridized carbons (Fsp3) is 0.393. The van der Waals surface area contributed by atoms with Crippen LogP contribution in [0.1, 0.15) is 58.4 Å². The topological polar surface area (TPSA) is 72.4 Å². The number of methoxy groups -OCH3 is 2. The first kappa shape index (κ1) is 25.2. The maximum absolute atomic E-state index is 5.48. The molecule has 1 aliphatic rings. The molecule has 0 saturated heterocycles. The van der Waals surface area contributed by atoms with Crippen LogP contribution < -0.4 is 9.47 Å². The van der Waals surface area contributed by atoms with Crippen LogP contribution in [0.5, 0.6) is 11.5 Å². The molecule has 0 unspecified atom stereocenters. The van der Waals surface area contributed by atoms with Crippen molar-refractivity contribution in [1.29, 1.82) is 0 Å². The molecule has 0 fully saturated rings. The Morgan fingerprint density at radius 3 is 2.12 bits per heavy atom. The molecular weight excluding hydrogens is 424 g/mol. The molecule has 180 valence electrons. The zero-order valence-electron chi connectivity index (χ0n) is 21.6. The van der Waals surface area contributed by atoms with E-state index in [1.54, 1.807) is 14.2 Å². The van der Waals surface area contributed by atoms with Crippen LogP contribution in [-0.2, 0) is 10.8 Å². The lowest BCUT2D eigenvalue weighted by Gasteiger charge is -2.22. The minimum absolute atomic E-state index is 0.0803. The molecule has 4 rings (SSSR count). The molecule has 3 heterocycles. The quantitative estimate of drug-likeness (QED) is 0.500. The van der Waals surface area contributed by atoms with Gasteiger partial charge in [-0.25, -0.2) is 0 Å². The van der Waals surface area contributed by atoms with Gasteiger partial charge in [-0.3, -0.25) is 15.1 Å². The van der Waals surface area contributed by atoms with E-state index in [0.717, 1.165) is 40.4 Å². The summed E-state index contributed by atoms with van der Waals surface area (Å²) < 4.78 is 10.9. The monoisotopic (exact) mass is 460 g/mol. The second kappa shape index (κ2) is 10.2. The van der Waals surface area contributed by atoms with E-state index in [0.29, 0.717) is 0 Å². The van der Waals surface area contributed by atoms with Crippen LogP contribution in [0.15, 0.2) is 53.9 Å². The second-order valence-corrected chi connectivity index (χ2v) is 10.3. The van der Waals surface area contributed by atoms with E-state index in [-0.39, 0.29) is 10.8 Å². The third-order valence-corrected chi connectivity index (χ3v) is 5.70. The Hall–Kier alpha value is -3.41. The Labute approximate surface area is 203 Å². The predicted molar refractivity (Wildman–Crippen MR) is 140 cm³/mol. The SMILES string of the molecule is COc1cc(-c2cn[nH]c2)ccc1C(C)(C)C.COc1cc(C(C)(C)C)cnc1C1=CCN=C1. The highest BCUT2D eigenvalue weighted by molar-refractivity contribution is 6.11. The van der Waals surface area contributed by atoms with Crippen LogP contribution in [0.3, 0.4) is 0 Å². The van der Waals surface area contributed by atoms with Crippen LogP contribution >= 0.6 is 0 Å². The van der Waals surface area contributed by atoms with Gasteiger partial charge in [-0.05, 0) is 39.7 Å². The number of pyridine rings is 1. The van der Waals surface area contributed by atoms with E-state index >= 15 is 0 Å². The first-order valence-corrected chi connectivity index (χ1v) is 11.5. The molecule has 6 nitrogen and oxygen atoms in total. The Morgan fingerprint density at radius 1 is 0.853 bits per heavy atom. The maximum Gasteiger partial charge on any atom is 0.145 e. The van der Waals surface area contributed by atoms with E-state index < -0.39 is 0 Å². The van der Waals surface area contributed by atoms with Crippen molar-refractivity contribution in [2.75, 3.05) is 20.8 Å². The maximum atomic E-state index is 5.48. The number of ether oxygens (including phenoxy) is 2. The third-order valence-electron chi connectivity index (χ3n) is 5.70. The van der Waals surface area contributed by atoms with Crippen LogP contribution in [0.25, 0.3) is 16.7 Å². The summed E-state index contributed by atoms with van der Waals surface area (Å²) in [4.78, 5) is 8.69. The van der Waals surface area contributed by atoms with Crippen molar-refractivity contribution in [3.63, 3.8) is 0 Å². The molecule has 1 aliphatic heterocycles. The van der Waals surface area contributed by atoms with Crippen molar-refractivity contribution in [2.45, 2.75) is 52.4 Å². The number of nitrogens with one attached hydrogen (secondary N) is 1. The van der Waals surface area contributed by atoms with Crippen molar-refractivity contribution in [1.82, 2.24) is 15.2 Å². The van der Waals surface area contributed by atoms with E-state index in [1.165, 1.54) is 11.1 Å². The Morgan fingerprint density at radius 2 is 1.59 bits per heavy atom. The summed E-state index contributed by atoms with van der Waals surface area (Å²) in [5, 5.41) is 6.78. The van der Waals surface area contributed by atoms with Crippen molar-refractivity contribution in [3.8, 4) is 22.6 Å². The molecule has 34 heavy (non-hydrogen) atoms. The number of nitrogens with zero attached hydrogens (tertiary/aromatic N) is 3. The lowest BCUT2D eigenvalue weighted by molar-refractivity contribution is 0.398. The van der Waals surface area contributed by atoms with E-state index in [9.17, 15) is 0 Å². The number of rotatable bonds is 4. The molecule has 6 heteroatoms. The van der Waals surface area contributed by atoms with Gasteiger partial charge in [-0.15, -0.1) is 0 Å². The fourth-order valence-electron chi connectivity index (χ4n) is 3.64. The molecule has 0 bridgehead atoms. The van der Waals surface area contributed by atoms with Gasteiger partial charge in [-0.1, -0.05) is 59.8 Å². The van der Waals surface area contributed by atoms with Gasteiger partial charge in [0.05, 0.1) is 27.0 Å². The fourth-order valence-corrected chi connectivity index (χ4v) is 3.64. The number of aliphatic imine (C=N–C) groups is 1. The van der Waals surface area contributed by atoms with E-state index in [1.807, 2.05) is 24.8 Å². The smallest absolute Gasteiger partial charge is 0.145 e. The number of H-pyrrole nitrogens is 1. The third kappa shape index (κ3) is 5.93. The lowest BCUT2D eigenvalue weighted by atomic mass is 9.85. The number of allylic oxidation sites excluding steroid dienone is 1. The summed E-state index contributed by atoms with van der Waals surface area (Å²) in [5.74, 6) is 1.74. The number of benzene rings is 1. The minimum atomic E-state index is 0.0803. The van der Waals surface area contributed by atoms with Gasteiger partial charge in [0, 0.05) is 29.7 Å². The number of hydrogen-bond donors (Lipinski definition) is 1. The summed E-state index contributed by atoms with van der Waals surface area (Å²) in [5.41, 5.74) is 6.66. The molecule has 2 aromatic heterocycles. The molecule has 3 aromatic rings. The van der Waals surface area contributed by atoms with Gasteiger partial charge >= 0.3 is 0 Å². The van der Waals surface area contributed by atoms with Crippen molar-refractivity contribution in [3.05, 3.63) is 65.8 Å². The summed E-state index contributed by atoms with van der Waals surface area (Å²) >= 11 is 0. The highest BCUT2D eigenvalue weighted by Crippen LogP contribution is 2.34.